The summed E-state index contributed by atoms with van der Waals surface area (Å²) in [7, 11) is 3.83. The van der Waals surface area contributed by atoms with Crippen LogP contribution in [-0.2, 0) is 4.74 Å². The van der Waals surface area contributed by atoms with Crippen molar-refractivity contribution in [1.29, 1.82) is 0 Å². The summed E-state index contributed by atoms with van der Waals surface area (Å²) in [6.07, 6.45) is 0. The predicted octanol–water partition coefficient (Wildman–Crippen LogP) is 4.11. The molecule has 2 unspecified atom stereocenters. The molecule has 4 rings (SSSR count). The van der Waals surface area contributed by atoms with Crippen molar-refractivity contribution in [2.45, 2.75) is 25.7 Å². The molecule has 3 aromatic rings. The first-order chi connectivity index (χ1) is 17.7. The number of anilines is 1. The fourth-order valence-corrected chi connectivity index (χ4v) is 4.53. The van der Waals surface area contributed by atoms with Gasteiger partial charge in [-0.1, -0.05) is 19.9 Å². The molecule has 1 amide bonds. The monoisotopic (exact) mass is 513 g/mol. The average molecular weight is 514 g/mol. The Kier molecular flexibility index (Phi) is 8.24. The van der Waals surface area contributed by atoms with E-state index in [1.807, 2.05) is 37.7 Å². The van der Waals surface area contributed by atoms with E-state index in [4.69, 9.17) is 9.15 Å². The number of rotatable bonds is 8. The fourth-order valence-electron chi connectivity index (χ4n) is 4.53. The summed E-state index contributed by atoms with van der Waals surface area (Å²) in [5, 5.41) is 3.19. The van der Waals surface area contributed by atoms with Crippen LogP contribution in [0.25, 0.3) is 11.0 Å². The highest BCUT2D eigenvalue weighted by Gasteiger charge is 2.25. The predicted molar refractivity (Wildman–Crippen MR) is 140 cm³/mol. The molecule has 0 radical (unpaired) electrons. The Morgan fingerprint density at radius 1 is 1.05 bits per heavy atom. The van der Waals surface area contributed by atoms with E-state index >= 15 is 0 Å². The zero-order valence-electron chi connectivity index (χ0n) is 21.6. The molecule has 0 spiro atoms. The van der Waals surface area contributed by atoms with Crippen LogP contribution in [0.4, 0.5) is 14.7 Å². The van der Waals surface area contributed by atoms with Crippen LogP contribution in [0.5, 0.6) is 0 Å². The van der Waals surface area contributed by atoms with Gasteiger partial charge in [0.2, 0.25) is 0 Å². The maximum Gasteiger partial charge on any atom is 0.251 e. The highest BCUT2D eigenvalue weighted by atomic mass is 19.2. The van der Waals surface area contributed by atoms with E-state index in [0.29, 0.717) is 72.9 Å². The minimum atomic E-state index is -0.920. The van der Waals surface area contributed by atoms with Crippen molar-refractivity contribution in [3.8, 4) is 0 Å². The van der Waals surface area contributed by atoms with Gasteiger partial charge in [0.1, 0.15) is 5.58 Å². The van der Waals surface area contributed by atoms with Gasteiger partial charge in [-0.15, -0.1) is 0 Å². The number of benzene rings is 2. The largest absolute Gasteiger partial charge is 0.440 e. The molecule has 1 aromatic heterocycles. The number of amides is 1. The first-order valence-electron chi connectivity index (χ1n) is 12.5. The number of morpholine rings is 1. The summed E-state index contributed by atoms with van der Waals surface area (Å²) in [6.45, 7) is 7.19. The third kappa shape index (κ3) is 5.99. The van der Waals surface area contributed by atoms with Crippen LogP contribution in [0.3, 0.4) is 0 Å². The molecule has 2 heterocycles. The van der Waals surface area contributed by atoms with Crippen molar-refractivity contribution in [2.24, 2.45) is 0 Å². The molecule has 1 aliphatic rings. The normalized spacial score (nSPS) is 15.7. The number of nitrogens with zero attached hydrogens (tertiary/aromatic N) is 2. The zero-order valence-corrected chi connectivity index (χ0v) is 21.6. The van der Waals surface area contributed by atoms with Gasteiger partial charge in [-0.05, 0) is 61.3 Å². The van der Waals surface area contributed by atoms with Crippen molar-refractivity contribution in [1.82, 2.24) is 10.2 Å². The Hall–Kier alpha value is -3.30. The van der Waals surface area contributed by atoms with Gasteiger partial charge in [0.25, 0.3) is 5.91 Å². The molecule has 0 saturated carbocycles. The highest BCUT2D eigenvalue weighted by molar-refractivity contribution is 5.98. The van der Waals surface area contributed by atoms with Crippen LogP contribution in [0, 0.1) is 11.6 Å². The Morgan fingerprint density at radius 3 is 2.46 bits per heavy atom. The SMILES string of the molecule is CC(c1ccc(F)c(F)c1)C(C)c1cc(C(=O)NCCN(C)C)cc2c(=O)cc(N3CCOCC3)oc12. The third-order valence-corrected chi connectivity index (χ3v) is 6.98. The van der Waals surface area contributed by atoms with Crippen molar-refractivity contribution < 1.29 is 22.7 Å². The molecular formula is C28H33F2N3O4. The van der Waals surface area contributed by atoms with Crippen LogP contribution in [0.2, 0.25) is 0 Å². The van der Waals surface area contributed by atoms with E-state index in [1.54, 1.807) is 18.2 Å². The van der Waals surface area contributed by atoms with Crippen molar-refractivity contribution >= 4 is 22.8 Å². The maximum atomic E-state index is 14.0. The quantitative estimate of drug-likeness (QED) is 0.489. The van der Waals surface area contributed by atoms with Gasteiger partial charge in [0.05, 0.1) is 18.6 Å². The number of hydrogen-bond acceptors (Lipinski definition) is 6. The summed E-state index contributed by atoms with van der Waals surface area (Å²) in [6, 6.07) is 8.60. The molecular weight excluding hydrogens is 480 g/mol. The van der Waals surface area contributed by atoms with Gasteiger partial charge in [0, 0.05) is 37.8 Å². The lowest BCUT2D eigenvalue weighted by Gasteiger charge is -2.28. The lowest BCUT2D eigenvalue weighted by molar-refractivity contribution is 0.0951. The molecule has 7 nitrogen and oxygen atoms in total. The van der Waals surface area contributed by atoms with Crippen LogP contribution < -0.4 is 15.6 Å². The first kappa shape index (κ1) is 26.8. The molecule has 2 atom stereocenters. The second kappa shape index (κ2) is 11.4. The van der Waals surface area contributed by atoms with Crippen LogP contribution in [0.1, 0.15) is 47.2 Å². The molecule has 1 aliphatic heterocycles. The summed E-state index contributed by atoms with van der Waals surface area (Å²) >= 11 is 0. The summed E-state index contributed by atoms with van der Waals surface area (Å²) < 4.78 is 39.3. The summed E-state index contributed by atoms with van der Waals surface area (Å²) in [5.41, 5.74) is 1.74. The Bertz CT molecular complexity index is 1330. The first-order valence-corrected chi connectivity index (χ1v) is 12.5. The minimum absolute atomic E-state index is 0.250. The van der Waals surface area contributed by atoms with Gasteiger partial charge in [-0.2, -0.15) is 0 Å². The standard InChI is InChI=1S/C28H33F2N3O4/c1-17(19-5-6-23(29)24(30)15-19)18(2)21-13-20(28(35)31-7-8-32(3)4)14-22-25(34)16-26(37-27(21)22)33-9-11-36-12-10-33/h5-6,13-18H,7-12H2,1-4H3,(H,31,35). The minimum Gasteiger partial charge on any atom is -0.440 e. The molecule has 1 fully saturated rings. The van der Waals surface area contributed by atoms with Crippen molar-refractivity contribution in [3.05, 3.63) is 74.9 Å². The Morgan fingerprint density at radius 2 is 1.78 bits per heavy atom. The van der Waals surface area contributed by atoms with Gasteiger partial charge in [0.15, 0.2) is 22.9 Å². The van der Waals surface area contributed by atoms with Crippen LogP contribution in [0.15, 0.2) is 45.6 Å². The molecule has 0 bridgehead atoms. The number of halogens is 2. The van der Waals surface area contributed by atoms with E-state index in [2.05, 4.69) is 5.32 Å². The van der Waals surface area contributed by atoms with Crippen molar-refractivity contribution in [2.75, 3.05) is 58.4 Å². The number of nitrogens with one attached hydrogen (secondary N) is 1. The van der Waals surface area contributed by atoms with E-state index in [1.165, 1.54) is 12.1 Å². The molecule has 1 N–H and O–H groups in total. The number of ether oxygens (including phenoxy) is 1. The summed E-state index contributed by atoms with van der Waals surface area (Å²) in [5.74, 6) is -2.23. The van der Waals surface area contributed by atoms with Crippen LogP contribution in [-0.4, -0.2) is 64.3 Å². The molecule has 2 aromatic carbocycles. The highest BCUT2D eigenvalue weighted by Crippen LogP contribution is 2.37. The van der Waals surface area contributed by atoms with Gasteiger partial charge in [-0.25, -0.2) is 8.78 Å². The van der Waals surface area contributed by atoms with Crippen molar-refractivity contribution in [3.63, 3.8) is 0 Å². The number of hydrogen-bond donors (Lipinski definition) is 1. The zero-order chi connectivity index (χ0) is 26.7. The second-order valence-electron chi connectivity index (χ2n) is 9.80. The summed E-state index contributed by atoms with van der Waals surface area (Å²) in [4.78, 5) is 30.2. The number of fused-ring (bicyclic) bond motifs is 1. The Labute approximate surface area is 215 Å². The van der Waals surface area contributed by atoms with Gasteiger partial charge in [-0.3, -0.25) is 9.59 Å². The van der Waals surface area contributed by atoms with Gasteiger partial charge < -0.3 is 24.3 Å². The average Bonchev–Trinajstić information content (AvgIpc) is 2.89. The molecule has 37 heavy (non-hydrogen) atoms. The smallest absolute Gasteiger partial charge is 0.251 e. The van der Waals surface area contributed by atoms with E-state index < -0.39 is 11.6 Å². The maximum absolute atomic E-state index is 14.0. The van der Waals surface area contributed by atoms with E-state index in [9.17, 15) is 18.4 Å². The lowest BCUT2D eigenvalue weighted by atomic mass is 9.82. The number of carbonyl (C=O) groups is 1. The second-order valence-corrected chi connectivity index (χ2v) is 9.80. The number of likely N-dealkylation sites (N-methyl/N-ethyl adjacent to an activating group) is 1. The molecule has 198 valence electrons. The van der Waals surface area contributed by atoms with Gasteiger partial charge >= 0.3 is 0 Å². The number of carbonyl (C=O) groups excluding carboxylic acids is 1. The van der Waals surface area contributed by atoms with E-state index in [-0.39, 0.29) is 23.2 Å². The lowest BCUT2D eigenvalue weighted by Crippen LogP contribution is -2.36. The molecule has 9 heteroatoms. The third-order valence-electron chi connectivity index (χ3n) is 6.98. The Balaban J connectivity index is 1.80. The van der Waals surface area contributed by atoms with Crippen LogP contribution >= 0.6 is 0 Å². The van der Waals surface area contributed by atoms with E-state index in [0.717, 1.165) is 6.07 Å². The molecule has 1 saturated heterocycles. The fraction of sp³-hybridized carbons (Fsp3) is 0.429. The topological polar surface area (TPSA) is 75.0 Å². The molecule has 0 aliphatic carbocycles.